The summed E-state index contributed by atoms with van der Waals surface area (Å²) in [5.41, 5.74) is 1.01. The molecule has 1 aliphatic heterocycles. The second kappa shape index (κ2) is 8.20. The van der Waals surface area contributed by atoms with Crippen LogP contribution in [0.3, 0.4) is 0 Å². The average molecular weight is 360 g/mol. The first-order valence-electron chi connectivity index (χ1n) is 9.16. The van der Waals surface area contributed by atoms with Crippen LogP contribution in [0.1, 0.15) is 18.4 Å². The normalized spacial score (nSPS) is 17.7. The molecule has 2 heterocycles. The van der Waals surface area contributed by atoms with Crippen LogP contribution < -0.4 is 10.4 Å². The lowest BCUT2D eigenvalue weighted by molar-refractivity contribution is 0.0498. The van der Waals surface area contributed by atoms with Crippen molar-refractivity contribution in [2.45, 2.75) is 31.9 Å². The first-order valence-corrected chi connectivity index (χ1v) is 9.16. The summed E-state index contributed by atoms with van der Waals surface area (Å²) in [4.78, 5) is 16.1. The topological polar surface area (TPSA) is 66.2 Å². The Morgan fingerprint density at radius 3 is 2.81 bits per heavy atom. The monoisotopic (exact) mass is 360 g/mol. The third-order valence-corrected chi connectivity index (χ3v) is 5.18. The van der Waals surface area contributed by atoms with Crippen molar-refractivity contribution in [3.8, 4) is 5.75 Å². The molecule has 1 aromatic carbocycles. The van der Waals surface area contributed by atoms with E-state index in [1.165, 1.54) is 6.07 Å². The first kappa shape index (κ1) is 18.9. The Kier molecular flexibility index (Phi) is 5.96. The molecule has 0 radical (unpaired) electrons. The van der Waals surface area contributed by atoms with E-state index in [0.29, 0.717) is 23.9 Å². The Balaban J connectivity index is 1.55. The van der Waals surface area contributed by atoms with Gasteiger partial charge < -0.3 is 24.1 Å². The van der Waals surface area contributed by atoms with Gasteiger partial charge in [0.2, 0.25) is 0 Å². The van der Waals surface area contributed by atoms with Crippen LogP contribution in [0, 0.1) is 6.92 Å². The summed E-state index contributed by atoms with van der Waals surface area (Å²) < 4.78 is 10.9. The molecule has 1 fully saturated rings. The molecule has 1 saturated heterocycles. The Bertz CT molecular complexity index is 796. The van der Waals surface area contributed by atoms with E-state index in [1.54, 1.807) is 6.07 Å². The van der Waals surface area contributed by atoms with Crippen LogP contribution >= 0.6 is 0 Å². The van der Waals surface area contributed by atoms with E-state index in [-0.39, 0.29) is 12.2 Å². The van der Waals surface area contributed by atoms with Crippen LogP contribution in [0.5, 0.6) is 5.75 Å². The van der Waals surface area contributed by atoms with Crippen molar-refractivity contribution in [1.29, 1.82) is 0 Å². The second-order valence-corrected chi connectivity index (χ2v) is 7.35. The lowest BCUT2D eigenvalue weighted by atomic mass is 10.0. The third-order valence-electron chi connectivity index (χ3n) is 5.18. The molecule has 0 saturated carbocycles. The number of aliphatic hydroxyl groups is 1. The van der Waals surface area contributed by atoms with Crippen LogP contribution in [0.2, 0.25) is 0 Å². The number of likely N-dealkylation sites (N-methyl/N-ethyl adjacent to an activating group) is 1. The average Bonchev–Trinajstić information content (AvgIpc) is 2.60. The van der Waals surface area contributed by atoms with Gasteiger partial charge in [-0.05, 0) is 64.6 Å². The van der Waals surface area contributed by atoms with Gasteiger partial charge in [-0.2, -0.15) is 0 Å². The van der Waals surface area contributed by atoms with E-state index < -0.39 is 6.10 Å². The van der Waals surface area contributed by atoms with Crippen molar-refractivity contribution in [3.63, 3.8) is 0 Å². The highest BCUT2D eigenvalue weighted by Gasteiger charge is 2.22. The van der Waals surface area contributed by atoms with E-state index in [1.807, 2.05) is 19.1 Å². The summed E-state index contributed by atoms with van der Waals surface area (Å²) in [5, 5.41) is 11.2. The Morgan fingerprint density at radius 1 is 1.35 bits per heavy atom. The lowest BCUT2D eigenvalue weighted by Crippen LogP contribution is -2.45. The number of aryl methyl sites for hydroxylation is 1. The largest absolute Gasteiger partial charge is 0.491 e. The Morgan fingerprint density at radius 2 is 2.08 bits per heavy atom. The van der Waals surface area contributed by atoms with Crippen molar-refractivity contribution in [2.24, 2.45) is 0 Å². The molecule has 6 heteroatoms. The highest BCUT2D eigenvalue weighted by molar-refractivity contribution is 5.81. The number of likely N-dealkylation sites (tertiary alicyclic amines) is 1. The molecule has 26 heavy (non-hydrogen) atoms. The predicted octanol–water partition coefficient (Wildman–Crippen LogP) is 1.87. The molecule has 1 atom stereocenters. The predicted molar refractivity (Wildman–Crippen MR) is 102 cm³/mol. The third kappa shape index (κ3) is 4.63. The molecule has 1 aromatic heterocycles. The lowest BCUT2D eigenvalue weighted by Gasteiger charge is -2.35. The zero-order valence-corrected chi connectivity index (χ0v) is 15.8. The van der Waals surface area contributed by atoms with E-state index >= 15 is 0 Å². The van der Waals surface area contributed by atoms with Gasteiger partial charge >= 0.3 is 5.63 Å². The van der Waals surface area contributed by atoms with Crippen molar-refractivity contribution >= 4 is 11.0 Å². The van der Waals surface area contributed by atoms with E-state index in [9.17, 15) is 9.90 Å². The molecule has 0 bridgehead atoms. The van der Waals surface area contributed by atoms with Gasteiger partial charge in [0.05, 0.1) is 0 Å². The zero-order valence-electron chi connectivity index (χ0n) is 15.8. The molecule has 1 unspecified atom stereocenters. The fourth-order valence-corrected chi connectivity index (χ4v) is 3.56. The molecule has 142 valence electrons. The molecule has 0 aliphatic carbocycles. The maximum atomic E-state index is 11.5. The van der Waals surface area contributed by atoms with Gasteiger partial charge in [0.1, 0.15) is 24.0 Å². The number of benzene rings is 1. The summed E-state index contributed by atoms with van der Waals surface area (Å²) in [7, 11) is 4.21. The molecular formula is C20H28N2O4. The van der Waals surface area contributed by atoms with Crippen molar-refractivity contribution in [1.82, 2.24) is 9.80 Å². The first-order chi connectivity index (χ1) is 12.4. The molecular weight excluding hydrogens is 332 g/mol. The van der Waals surface area contributed by atoms with Crippen LogP contribution in [-0.4, -0.2) is 67.4 Å². The summed E-state index contributed by atoms with van der Waals surface area (Å²) in [6.07, 6.45) is 1.69. The second-order valence-electron chi connectivity index (χ2n) is 7.35. The van der Waals surface area contributed by atoms with Crippen LogP contribution in [0.25, 0.3) is 11.0 Å². The SMILES string of the molecule is Cc1cc(=O)oc2cc(OCC(O)CN(C)C3CCN(C)CC3)ccc12. The molecule has 2 aromatic rings. The minimum absolute atomic E-state index is 0.207. The van der Waals surface area contributed by atoms with Gasteiger partial charge in [-0.3, -0.25) is 0 Å². The number of ether oxygens (including phenoxy) is 1. The molecule has 1 N–H and O–H groups in total. The summed E-state index contributed by atoms with van der Waals surface area (Å²) >= 11 is 0. The minimum Gasteiger partial charge on any atom is -0.491 e. The van der Waals surface area contributed by atoms with Crippen molar-refractivity contribution in [2.75, 3.05) is 40.3 Å². The summed E-state index contributed by atoms with van der Waals surface area (Å²) in [6, 6.07) is 7.41. The van der Waals surface area contributed by atoms with E-state index in [2.05, 4.69) is 23.9 Å². The van der Waals surface area contributed by atoms with Crippen LogP contribution in [0.4, 0.5) is 0 Å². The molecule has 6 nitrogen and oxygen atoms in total. The van der Waals surface area contributed by atoms with Gasteiger partial charge in [0.15, 0.2) is 0 Å². The maximum Gasteiger partial charge on any atom is 0.336 e. The number of piperidine rings is 1. The van der Waals surface area contributed by atoms with Crippen LogP contribution in [-0.2, 0) is 0 Å². The van der Waals surface area contributed by atoms with Gasteiger partial charge in [-0.15, -0.1) is 0 Å². The molecule has 0 spiro atoms. The highest BCUT2D eigenvalue weighted by Crippen LogP contribution is 2.22. The minimum atomic E-state index is -0.570. The smallest absolute Gasteiger partial charge is 0.336 e. The van der Waals surface area contributed by atoms with Gasteiger partial charge in [0.25, 0.3) is 0 Å². The fraction of sp³-hybridized carbons (Fsp3) is 0.550. The van der Waals surface area contributed by atoms with E-state index in [0.717, 1.165) is 36.9 Å². The van der Waals surface area contributed by atoms with Crippen molar-refractivity contribution in [3.05, 3.63) is 40.2 Å². The Labute approximate surface area is 154 Å². The fourth-order valence-electron chi connectivity index (χ4n) is 3.56. The van der Waals surface area contributed by atoms with Gasteiger partial charge in [-0.1, -0.05) is 0 Å². The maximum absolute atomic E-state index is 11.5. The number of hydrogen-bond acceptors (Lipinski definition) is 6. The number of hydrogen-bond donors (Lipinski definition) is 1. The van der Waals surface area contributed by atoms with Gasteiger partial charge in [-0.25, -0.2) is 4.79 Å². The number of nitrogens with zero attached hydrogens (tertiary/aromatic N) is 2. The number of aliphatic hydroxyl groups excluding tert-OH is 1. The quantitative estimate of drug-likeness (QED) is 0.794. The number of fused-ring (bicyclic) bond motifs is 1. The zero-order chi connectivity index (χ0) is 18.7. The summed E-state index contributed by atoms with van der Waals surface area (Å²) in [6.45, 7) is 4.86. The summed E-state index contributed by atoms with van der Waals surface area (Å²) in [5.74, 6) is 0.590. The number of rotatable bonds is 6. The van der Waals surface area contributed by atoms with Crippen LogP contribution in [0.15, 0.2) is 33.5 Å². The van der Waals surface area contributed by atoms with Gasteiger partial charge in [0, 0.05) is 30.1 Å². The van der Waals surface area contributed by atoms with E-state index in [4.69, 9.17) is 9.15 Å². The molecule has 0 amide bonds. The standard InChI is InChI=1S/C20H28N2O4/c1-14-10-20(24)26-19-11-17(4-5-18(14)19)25-13-16(23)12-22(3)15-6-8-21(2)9-7-15/h4-5,10-11,15-16,23H,6-9,12-13H2,1-3H3. The molecule has 3 rings (SSSR count). The Hall–Kier alpha value is -1.89. The molecule has 1 aliphatic rings. The highest BCUT2D eigenvalue weighted by atomic mass is 16.5. The van der Waals surface area contributed by atoms with Crippen molar-refractivity contribution < 1.29 is 14.3 Å².